The summed E-state index contributed by atoms with van der Waals surface area (Å²) in [6.07, 6.45) is 2.33. The number of ether oxygens (including phenoxy) is 4. The molecule has 0 radical (unpaired) electrons. The first-order valence-corrected chi connectivity index (χ1v) is 10.9. The molecule has 0 saturated heterocycles. The summed E-state index contributed by atoms with van der Waals surface area (Å²) in [5, 5.41) is 7.09. The maximum absolute atomic E-state index is 12.7. The summed E-state index contributed by atoms with van der Waals surface area (Å²) in [6.45, 7) is 3.94. The third-order valence-electron chi connectivity index (χ3n) is 5.84. The van der Waals surface area contributed by atoms with Crippen molar-refractivity contribution >= 4 is 24.0 Å². The van der Waals surface area contributed by atoms with Crippen molar-refractivity contribution in [3.63, 3.8) is 0 Å². The SMILES string of the molecule is CCC(C)C(N)C(=O)Nc1cc(-c2conc2-c2cc(OC)c(OC)c(OC)c2)ccc1OC.Cl. The predicted octanol–water partition coefficient (Wildman–Crippen LogP) is 4.78. The molecule has 0 fully saturated rings. The van der Waals surface area contributed by atoms with Gasteiger partial charge in [-0.25, -0.2) is 0 Å². The summed E-state index contributed by atoms with van der Waals surface area (Å²) in [7, 11) is 6.18. The molecule has 3 rings (SSSR count). The molecule has 0 spiro atoms. The zero-order chi connectivity index (χ0) is 24.8. The monoisotopic (exact) mass is 505 g/mol. The van der Waals surface area contributed by atoms with Crippen molar-refractivity contribution in [1.82, 2.24) is 5.16 Å². The number of halogens is 1. The van der Waals surface area contributed by atoms with E-state index in [1.54, 1.807) is 52.7 Å². The van der Waals surface area contributed by atoms with E-state index in [1.165, 1.54) is 6.26 Å². The van der Waals surface area contributed by atoms with Gasteiger partial charge in [0.2, 0.25) is 11.7 Å². The van der Waals surface area contributed by atoms with Crippen molar-refractivity contribution in [2.45, 2.75) is 26.3 Å². The molecule has 2 unspecified atom stereocenters. The van der Waals surface area contributed by atoms with Crippen LogP contribution in [0.1, 0.15) is 20.3 Å². The van der Waals surface area contributed by atoms with Crippen molar-refractivity contribution in [3.8, 4) is 45.4 Å². The fourth-order valence-electron chi connectivity index (χ4n) is 3.57. The fourth-order valence-corrected chi connectivity index (χ4v) is 3.57. The minimum absolute atomic E-state index is 0. The number of nitrogens with zero attached hydrogens (tertiary/aromatic N) is 1. The summed E-state index contributed by atoms with van der Waals surface area (Å²) in [5.74, 6) is 1.74. The first kappa shape index (κ1) is 27.8. The Hall–Kier alpha value is -3.43. The maximum atomic E-state index is 12.7. The molecule has 1 heterocycles. The summed E-state index contributed by atoms with van der Waals surface area (Å²) in [4.78, 5) is 12.7. The van der Waals surface area contributed by atoms with Crippen LogP contribution in [-0.4, -0.2) is 45.5 Å². The van der Waals surface area contributed by atoms with E-state index in [2.05, 4.69) is 10.5 Å². The highest BCUT2D eigenvalue weighted by atomic mass is 35.5. The normalized spacial score (nSPS) is 12.2. The third-order valence-corrected chi connectivity index (χ3v) is 5.84. The van der Waals surface area contributed by atoms with Crippen LogP contribution >= 0.6 is 12.4 Å². The molecule has 3 N–H and O–H groups in total. The number of benzene rings is 2. The van der Waals surface area contributed by atoms with Gasteiger partial charge >= 0.3 is 0 Å². The number of aromatic nitrogens is 1. The maximum Gasteiger partial charge on any atom is 0.241 e. The summed E-state index contributed by atoms with van der Waals surface area (Å²) in [6, 6.07) is 8.38. The van der Waals surface area contributed by atoms with Gasteiger partial charge in [-0.2, -0.15) is 0 Å². The van der Waals surface area contributed by atoms with E-state index in [9.17, 15) is 4.79 Å². The van der Waals surface area contributed by atoms with E-state index in [4.69, 9.17) is 29.2 Å². The molecule has 3 aromatic rings. The topological polar surface area (TPSA) is 118 Å². The number of methoxy groups -OCH3 is 4. The van der Waals surface area contributed by atoms with E-state index in [-0.39, 0.29) is 24.2 Å². The Kier molecular flexibility index (Phi) is 9.79. The third kappa shape index (κ3) is 5.80. The second-order valence-electron chi connectivity index (χ2n) is 7.81. The molecular formula is C25H32ClN3O6. The van der Waals surface area contributed by atoms with Gasteiger partial charge in [-0.15, -0.1) is 12.4 Å². The number of rotatable bonds is 10. The second-order valence-corrected chi connectivity index (χ2v) is 7.81. The molecule has 2 aromatic carbocycles. The van der Waals surface area contributed by atoms with Crippen LogP contribution < -0.4 is 30.0 Å². The Morgan fingerprint density at radius 2 is 1.63 bits per heavy atom. The van der Waals surface area contributed by atoms with Crippen molar-refractivity contribution in [1.29, 1.82) is 0 Å². The molecular weight excluding hydrogens is 474 g/mol. The van der Waals surface area contributed by atoms with Crippen molar-refractivity contribution < 1.29 is 28.3 Å². The van der Waals surface area contributed by atoms with Crippen LogP contribution in [0.4, 0.5) is 5.69 Å². The Bertz CT molecular complexity index is 1120. The fraction of sp³-hybridized carbons (Fsp3) is 0.360. The summed E-state index contributed by atoms with van der Waals surface area (Å²) in [5.41, 5.74) is 9.35. The molecule has 0 saturated carbocycles. The number of nitrogens with one attached hydrogen (secondary N) is 1. The molecule has 0 aliphatic carbocycles. The van der Waals surface area contributed by atoms with E-state index in [0.717, 1.165) is 12.0 Å². The van der Waals surface area contributed by atoms with Gasteiger partial charge in [-0.3, -0.25) is 4.79 Å². The van der Waals surface area contributed by atoms with E-state index in [0.29, 0.717) is 45.5 Å². The lowest BCUT2D eigenvalue weighted by atomic mass is 9.98. The summed E-state index contributed by atoms with van der Waals surface area (Å²) < 4.78 is 27.1. The standard InChI is InChI=1S/C25H31N3O6.ClH/c1-7-14(2)22(26)25(29)27-18-10-15(8-9-19(18)30-3)17-13-34-28-23(17)16-11-20(31-4)24(33-6)21(12-16)32-5;/h8-14,22H,7,26H2,1-6H3,(H,27,29);1H. The smallest absolute Gasteiger partial charge is 0.241 e. The molecule has 1 aromatic heterocycles. The van der Waals surface area contributed by atoms with Gasteiger partial charge < -0.3 is 34.5 Å². The molecule has 0 aliphatic heterocycles. The number of carbonyl (C=O) groups is 1. The minimum Gasteiger partial charge on any atom is -0.495 e. The van der Waals surface area contributed by atoms with E-state index >= 15 is 0 Å². The highest BCUT2D eigenvalue weighted by molar-refractivity contribution is 5.97. The Morgan fingerprint density at radius 3 is 2.17 bits per heavy atom. The van der Waals surface area contributed by atoms with Gasteiger partial charge in [0.1, 0.15) is 17.7 Å². The molecule has 0 aliphatic rings. The van der Waals surface area contributed by atoms with Crippen molar-refractivity contribution in [2.75, 3.05) is 33.8 Å². The van der Waals surface area contributed by atoms with Crippen molar-refractivity contribution in [3.05, 3.63) is 36.6 Å². The van der Waals surface area contributed by atoms with Crippen molar-refractivity contribution in [2.24, 2.45) is 11.7 Å². The first-order chi connectivity index (χ1) is 16.4. The quantitative estimate of drug-likeness (QED) is 0.404. The number of nitrogens with two attached hydrogens (primary N) is 1. The number of carbonyl (C=O) groups excluding carboxylic acids is 1. The van der Waals surface area contributed by atoms with Crippen LogP contribution in [0.3, 0.4) is 0 Å². The highest BCUT2D eigenvalue weighted by Gasteiger charge is 2.22. The molecule has 2 atom stereocenters. The lowest BCUT2D eigenvalue weighted by Gasteiger charge is -2.19. The average molecular weight is 506 g/mol. The molecule has 190 valence electrons. The Morgan fingerprint density at radius 1 is 1.00 bits per heavy atom. The van der Waals surface area contributed by atoms with Crippen LogP contribution in [0.2, 0.25) is 0 Å². The van der Waals surface area contributed by atoms with Gasteiger partial charge in [-0.1, -0.05) is 31.5 Å². The molecule has 9 nitrogen and oxygen atoms in total. The van der Waals surface area contributed by atoms with Gasteiger partial charge in [0.05, 0.1) is 40.2 Å². The molecule has 35 heavy (non-hydrogen) atoms. The van der Waals surface area contributed by atoms with Gasteiger partial charge in [0.25, 0.3) is 0 Å². The molecule has 10 heteroatoms. The van der Waals surface area contributed by atoms with Crippen LogP contribution in [0, 0.1) is 5.92 Å². The van der Waals surface area contributed by atoms with Gasteiger partial charge in [0.15, 0.2) is 11.5 Å². The van der Waals surface area contributed by atoms with Crippen LogP contribution in [0.25, 0.3) is 22.4 Å². The lowest BCUT2D eigenvalue weighted by Crippen LogP contribution is -2.40. The van der Waals surface area contributed by atoms with E-state index < -0.39 is 6.04 Å². The zero-order valence-electron chi connectivity index (χ0n) is 20.7. The summed E-state index contributed by atoms with van der Waals surface area (Å²) >= 11 is 0. The average Bonchev–Trinajstić information content (AvgIpc) is 3.36. The zero-order valence-corrected chi connectivity index (χ0v) is 21.5. The Balaban J connectivity index is 0.00000432. The largest absolute Gasteiger partial charge is 0.495 e. The Labute approximate surface area is 211 Å². The lowest BCUT2D eigenvalue weighted by molar-refractivity contribution is -0.118. The second kappa shape index (κ2) is 12.3. The number of anilines is 1. The van der Waals surface area contributed by atoms with Gasteiger partial charge in [-0.05, 0) is 35.7 Å². The number of amides is 1. The number of hydrogen-bond donors (Lipinski definition) is 2. The minimum atomic E-state index is -0.635. The highest BCUT2D eigenvalue weighted by Crippen LogP contribution is 2.43. The molecule has 0 bridgehead atoms. The number of hydrogen-bond acceptors (Lipinski definition) is 8. The van der Waals surface area contributed by atoms with Crippen LogP contribution in [0.5, 0.6) is 23.0 Å². The van der Waals surface area contributed by atoms with Crippen LogP contribution in [0.15, 0.2) is 41.1 Å². The first-order valence-electron chi connectivity index (χ1n) is 10.9. The molecule has 1 amide bonds. The van der Waals surface area contributed by atoms with Crippen LogP contribution in [-0.2, 0) is 4.79 Å². The predicted molar refractivity (Wildman–Crippen MR) is 137 cm³/mol. The van der Waals surface area contributed by atoms with Gasteiger partial charge in [0, 0.05) is 11.1 Å². The van der Waals surface area contributed by atoms with E-state index in [1.807, 2.05) is 19.9 Å².